The minimum Gasteiger partial charge on any atom is -0.490 e. The van der Waals surface area contributed by atoms with Gasteiger partial charge >= 0.3 is 6.18 Å². The summed E-state index contributed by atoms with van der Waals surface area (Å²) in [7, 11) is 1.70. The lowest BCUT2D eigenvalue weighted by Gasteiger charge is -2.30. The van der Waals surface area contributed by atoms with Crippen molar-refractivity contribution in [2.45, 2.75) is 57.9 Å². The van der Waals surface area contributed by atoms with Crippen molar-refractivity contribution in [1.82, 2.24) is 14.9 Å². The highest BCUT2D eigenvalue weighted by atomic mass is 35.5. The van der Waals surface area contributed by atoms with E-state index in [-0.39, 0.29) is 65.1 Å². The highest BCUT2D eigenvalue weighted by Crippen LogP contribution is 2.38. The maximum atomic E-state index is 14.6. The second-order valence-electron chi connectivity index (χ2n) is 9.40. The molecule has 1 aliphatic carbocycles. The summed E-state index contributed by atoms with van der Waals surface area (Å²) in [6.07, 6.45) is -4.05. The van der Waals surface area contributed by atoms with Crippen molar-refractivity contribution >= 4 is 51.8 Å². The van der Waals surface area contributed by atoms with E-state index < -0.39 is 23.8 Å². The Kier molecular flexibility index (Phi) is 7.80. The van der Waals surface area contributed by atoms with E-state index >= 15 is 0 Å². The molecular formula is C25H26Cl2F4N4O2. The molecule has 0 unspecified atom stereocenters. The number of fused-ring (bicyclic) bond motifs is 1. The number of hydrogen-bond acceptors (Lipinski definition) is 4. The van der Waals surface area contributed by atoms with Gasteiger partial charge in [0.15, 0.2) is 5.82 Å². The number of nitrogens with one attached hydrogen (secondary N) is 2. The van der Waals surface area contributed by atoms with Gasteiger partial charge in [0.2, 0.25) is 5.95 Å². The van der Waals surface area contributed by atoms with Gasteiger partial charge in [-0.25, -0.2) is 9.37 Å². The number of aromatic nitrogens is 2. The molecule has 6 nitrogen and oxygen atoms in total. The van der Waals surface area contributed by atoms with Gasteiger partial charge in [-0.05, 0) is 57.7 Å². The first-order chi connectivity index (χ1) is 17.3. The van der Waals surface area contributed by atoms with Gasteiger partial charge in [-0.3, -0.25) is 4.79 Å². The topological polar surface area (TPSA) is 68.2 Å². The number of halogens is 6. The maximum Gasteiger partial charge on any atom is 0.391 e. The van der Waals surface area contributed by atoms with Gasteiger partial charge in [0, 0.05) is 19.2 Å². The van der Waals surface area contributed by atoms with E-state index in [0.29, 0.717) is 16.8 Å². The van der Waals surface area contributed by atoms with Crippen LogP contribution < -0.4 is 15.4 Å². The van der Waals surface area contributed by atoms with Crippen molar-refractivity contribution < 1.29 is 27.1 Å². The van der Waals surface area contributed by atoms with Crippen LogP contribution in [0.15, 0.2) is 24.3 Å². The first-order valence-electron chi connectivity index (χ1n) is 11.8. The molecule has 1 amide bonds. The summed E-state index contributed by atoms with van der Waals surface area (Å²) < 4.78 is 61.1. The van der Waals surface area contributed by atoms with Crippen LogP contribution in [0.4, 0.5) is 29.2 Å². The minimum absolute atomic E-state index is 0.0271. The van der Waals surface area contributed by atoms with Crippen LogP contribution in [0, 0.1) is 11.7 Å². The SMILES string of the molecule is CC(C)Oc1cc2c(cc1C(=O)N[C@H]1CC[C@H](C(F)(F)F)CC1)nc(Nc1c(Cl)ccc(Cl)c1F)n2C. The van der Waals surface area contributed by atoms with E-state index in [1.165, 1.54) is 12.1 Å². The molecule has 12 heteroatoms. The van der Waals surface area contributed by atoms with Crippen LogP contribution >= 0.6 is 23.2 Å². The van der Waals surface area contributed by atoms with E-state index in [9.17, 15) is 22.4 Å². The number of rotatable bonds is 6. The average molecular weight is 561 g/mol. The Balaban J connectivity index is 1.63. The molecule has 1 aromatic heterocycles. The number of anilines is 2. The predicted molar refractivity (Wildman–Crippen MR) is 135 cm³/mol. The van der Waals surface area contributed by atoms with Gasteiger partial charge in [-0.2, -0.15) is 13.2 Å². The van der Waals surface area contributed by atoms with Gasteiger partial charge in [-0.1, -0.05) is 23.2 Å². The number of ether oxygens (including phenoxy) is 1. The van der Waals surface area contributed by atoms with Crippen LogP contribution in [0.3, 0.4) is 0 Å². The summed E-state index contributed by atoms with van der Waals surface area (Å²) >= 11 is 12.0. The lowest BCUT2D eigenvalue weighted by atomic mass is 9.85. The molecule has 3 aromatic rings. The fourth-order valence-corrected chi connectivity index (χ4v) is 4.79. The van der Waals surface area contributed by atoms with Gasteiger partial charge in [-0.15, -0.1) is 0 Å². The Morgan fingerprint density at radius 3 is 2.41 bits per heavy atom. The zero-order chi connectivity index (χ0) is 27.1. The van der Waals surface area contributed by atoms with E-state index in [1.54, 1.807) is 23.7 Å². The minimum atomic E-state index is -4.22. The number of carbonyl (C=O) groups excluding carboxylic acids is 1. The Labute approximate surface area is 221 Å². The molecule has 1 aliphatic rings. The van der Waals surface area contributed by atoms with Crippen molar-refractivity contribution in [1.29, 1.82) is 0 Å². The van der Waals surface area contributed by atoms with E-state index in [2.05, 4.69) is 15.6 Å². The molecule has 2 N–H and O–H groups in total. The summed E-state index contributed by atoms with van der Waals surface area (Å²) in [4.78, 5) is 17.7. The number of hydrogen-bond donors (Lipinski definition) is 2. The van der Waals surface area contributed by atoms with E-state index in [0.717, 1.165) is 0 Å². The largest absolute Gasteiger partial charge is 0.490 e. The molecule has 200 valence electrons. The molecule has 1 heterocycles. The molecule has 1 saturated carbocycles. The number of amides is 1. The molecule has 0 bridgehead atoms. The number of alkyl halides is 3. The smallest absolute Gasteiger partial charge is 0.391 e. The van der Waals surface area contributed by atoms with Gasteiger partial charge < -0.3 is 19.9 Å². The van der Waals surface area contributed by atoms with E-state index in [4.69, 9.17) is 27.9 Å². The summed E-state index contributed by atoms with van der Waals surface area (Å²) in [6.45, 7) is 3.62. The molecule has 2 aromatic carbocycles. The molecule has 37 heavy (non-hydrogen) atoms. The molecule has 0 aliphatic heterocycles. The Morgan fingerprint density at radius 2 is 1.78 bits per heavy atom. The number of benzene rings is 2. The van der Waals surface area contributed by atoms with Crippen molar-refractivity contribution in [2.24, 2.45) is 13.0 Å². The summed E-state index contributed by atoms with van der Waals surface area (Å²) in [5.74, 6) is -1.99. The lowest BCUT2D eigenvalue weighted by molar-refractivity contribution is -0.182. The number of imidazole rings is 1. The normalized spacial score (nSPS) is 18.3. The second-order valence-corrected chi connectivity index (χ2v) is 10.2. The van der Waals surface area contributed by atoms with E-state index in [1.807, 2.05) is 13.8 Å². The zero-order valence-electron chi connectivity index (χ0n) is 20.3. The molecular weight excluding hydrogens is 535 g/mol. The molecule has 0 spiro atoms. The van der Waals surface area contributed by atoms with Crippen molar-refractivity contribution in [3.63, 3.8) is 0 Å². The quantitative estimate of drug-likeness (QED) is 0.243. The van der Waals surface area contributed by atoms with Crippen molar-refractivity contribution in [3.8, 4) is 5.75 Å². The zero-order valence-corrected chi connectivity index (χ0v) is 21.9. The number of aryl methyl sites for hydroxylation is 1. The standard InChI is InChI=1S/C25H26Cl2F4N4O2/c1-12(2)37-20-11-19-18(33-24(35(19)3)34-22-17(27)9-8-16(26)21(22)28)10-15(20)23(36)32-14-6-4-13(5-7-14)25(29,30)31/h8-14H,4-7H2,1-3H3,(H,32,36)(H,33,34)/t13-,14-. The fraction of sp³-hybridized carbons (Fsp3) is 0.440. The van der Waals surface area contributed by atoms with Crippen LogP contribution in [-0.4, -0.2) is 33.8 Å². The van der Waals surface area contributed by atoms with Crippen LogP contribution in [0.1, 0.15) is 49.9 Å². The highest BCUT2D eigenvalue weighted by Gasteiger charge is 2.41. The molecule has 4 rings (SSSR count). The molecule has 0 radical (unpaired) electrons. The van der Waals surface area contributed by atoms with Crippen LogP contribution in [0.25, 0.3) is 11.0 Å². The lowest BCUT2D eigenvalue weighted by Crippen LogP contribution is -2.40. The maximum absolute atomic E-state index is 14.6. The van der Waals surface area contributed by atoms with Gasteiger partial charge in [0.05, 0.1) is 44.4 Å². The fourth-order valence-electron chi connectivity index (χ4n) is 4.44. The van der Waals surface area contributed by atoms with Crippen molar-refractivity contribution in [3.05, 3.63) is 45.7 Å². The van der Waals surface area contributed by atoms with Gasteiger partial charge in [0.1, 0.15) is 5.75 Å². The Hall–Kier alpha value is -2.72. The summed E-state index contributed by atoms with van der Waals surface area (Å²) in [5, 5.41) is 5.71. The van der Waals surface area contributed by atoms with Crippen LogP contribution in [0.2, 0.25) is 10.0 Å². The first kappa shape index (κ1) is 27.3. The number of nitrogens with zero attached hydrogens (tertiary/aromatic N) is 2. The third kappa shape index (κ3) is 5.90. The number of carbonyl (C=O) groups is 1. The Morgan fingerprint density at radius 1 is 1.14 bits per heavy atom. The molecule has 0 saturated heterocycles. The average Bonchev–Trinajstić information content (AvgIpc) is 3.12. The first-order valence-corrected chi connectivity index (χ1v) is 12.6. The summed E-state index contributed by atoms with van der Waals surface area (Å²) in [5.41, 5.74) is 1.18. The van der Waals surface area contributed by atoms with Gasteiger partial charge in [0.25, 0.3) is 5.91 Å². The predicted octanol–water partition coefficient (Wildman–Crippen LogP) is 7.40. The van der Waals surface area contributed by atoms with Crippen LogP contribution in [-0.2, 0) is 7.05 Å². The Bertz CT molecular complexity index is 1320. The molecule has 0 atom stereocenters. The summed E-state index contributed by atoms with van der Waals surface area (Å²) in [6, 6.07) is 5.62. The second kappa shape index (κ2) is 10.6. The highest BCUT2D eigenvalue weighted by molar-refractivity contribution is 6.35. The van der Waals surface area contributed by atoms with Crippen LogP contribution in [0.5, 0.6) is 5.75 Å². The third-order valence-electron chi connectivity index (χ3n) is 6.40. The third-order valence-corrected chi connectivity index (χ3v) is 7.00. The molecule has 1 fully saturated rings. The monoisotopic (exact) mass is 560 g/mol. The van der Waals surface area contributed by atoms with Crippen molar-refractivity contribution in [2.75, 3.05) is 5.32 Å².